The summed E-state index contributed by atoms with van der Waals surface area (Å²) in [7, 11) is 0. The number of likely N-dealkylation sites (tertiary alicyclic amines) is 1. The molecule has 0 aliphatic carbocycles. The third-order valence-corrected chi connectivity index (χ3v) is 4.99. The fourth-order valence-corrected chi connectivity index (χ4v) is 3.24. The fraction of sp³-hybridized carbons (Fsp3) is 0.500. The van der Waals surface area contributed by atoms with Crippen LogP contribution >= 0.6 is 0 Å². The van der Waals surface area contributed by atoms with Crippen molar-refractivity contribution in [3.63, 3.8) is 0 Å². The van der Waals surface area contributed by atoms with Crippen LogP contribution in [0.1, 0.15) is 61.2 Å². The Bertz CT molecular complexity index is 827. The molecule has 0 spiro atoms. The molecule has 3 rings (SSSR count). The Morgan fingerprint density at radius 3 is 2.71 bits per heavy atom. The van der Waals surface area contributed by atoms with Crippen molar-refractivity contribution in [2.24, 2.45) is 5.92 Å². The molecule has 1 aliphatic rings. The van der Waals surface area contributed by atoms with Gasteiger partial charge in [-0.05, 0) is 50.3 Å². The van der Waals surface area contributed by atoms with Crippen LogP contribution in [0.3, 0.4) is 0 Å². The van der Waals surface area contributed by atoms with Gasteiger partial charge in [0.25, 0.3) is 5.91 Å². The minimum Gasteiger partial charge on any atom is -0.339 e. The molecular formula is C20H27N5O3. The van der Waals surface area contributed by atoms with E-state index in [1.54, 1.807) is 31.2 Å². The number of urea groups is 1. The van der Waals surface area contributed by atoms with Crippen LogP contribution < -0.4 is 10.6 Å². The second kappa shape index (κ2) is 8.86. The number of benzene rings is 1. The van der Waals surface area contributed by atoms with Gasteiger partial charge in [0.05, 0.1) is 0 Å². The highest BCUT2D eigenvalue weighted by molar-refractivity contribution is 5.97. The monoisotopic (exact) mass is 385 g/mol. The van der Waals surface area contributed by atoms with Gasteiger partial charge in [0, 0.05) is 24.3 Å². The predicted molar refractivity (Wildman–Crippen MR) is 105 cm³/mol. The van der Waals surface area contributed by atoms with Crippen LogP contribution in [0.5, 0.6) is 0 Å². The van der Waals surface area contributed by atoms with Gasteiger partial charge in [0.2, 0.25) is 5.89 Å². The normalized spacial score (nSPS) is 15.9. The van der Waals surface area contributed by atoms with Crippen molar-refractivity contribution in [2.75, 3.05) is 18.4 Å². The molecule has 0 bridgehead atoms. The SMILES string of the molecule is CC[C@H](NC(=O)Nc1cccc(C(=O)N2CCC(C)CC2)c1)c1nc(C)no1. The molecule has 0 saturated carbocycles. The van der Waals surface area contributed by atoms with E-state index in [0.29, 0.717) is 35.3 Å². The van der Waals surface area contributed by atoms with Crippen molar-refractivity contribution in [1.29, 1.82) is 0 Å². The highest BCUT2D eigenvalue weighted by Crippen LogP contribution is 2.20. The van der Waals surface area contributed by atoms with Crippen LogP contribution in [0.4, 0.5) is 10.5 Å². The molecule has 1 saturated heterocycles. The van der Waals surface area contributed by atoms with Gasteiger partial charge in [-0.3, -0.25) is 4.79 Å². The molecule has 28 heavy (non-hydrogen) atoms. The molecule has 0 unspecified atom stereocenters. The zero-order chi connectivity index (χ0) is 20.1. The Balaban J connectivity index is 1.62. The first kappa shape index (κ1) is 19.9. The van der Waals surface area contributed by atoms with Gasteiger partial charge in [0.1, 0.15) is 6.04 Å². The largest absolute Gasteiger partial charge is 0.339 e. The number of carbonyl (C=O) groups excluding carboxylic acids is 2. The molecule has 1 aliphatic heterocycles. The van der Waals surface area contributed by atoms with Gasteiger partial charge in [-0.2, -0.15) is 4.98 Å². The van der Waals surface area contributed by atoms with Crippen LogP contribution in [0.15, 0.2) is 28.8 Å². The van der Waals surface area contributed by atoms with Crippen LogP contribution in [-0.4, -0.2) is 40.1 Å². The Hall–Kier alpha value is -2.90. The molecule has 0 radical (unpaired) electrons. The van der Waals surface area contributed by atoms with Crippen molar-refractivity contribution in [2.45, 2.75) is 46.1 Å². The summed E-state index contributed by atoms with van der Waals surface area (Å²) in [5.74, 6) is 1.56. The third-order valence-electron chi connectivity index (χ3n) is 4.99. The Morgan fingerprint density at radius 2 is 2.07 bits per heavy atom. The van der Waals surface area contributed by atoms with Crippen LogP contribution in [-0.2, 0) is 0 Å². The first-order chi connectivity index (χ1) is 13.5. The molecule has 8 nitrogen and oxygen atoms in total. The Labute approximate surface area is 164 Å². The number of nitrogens with zero attached hydrogens (tertiary/aromatic N) is 3. The van der Waals surface area contributed by atoms with Gasteiger partial charge < -0.3 is 20.1 Å². The molecule has 1 aromatic heterocycles. The second-order valence-electron chi connectivity index (χ2n) is 7.29. The first-order valence-electron chi connectivity index (χ1n) is 9.73. The van der Waals surface area contributed by atoms with Crippen molar-refractivity contribution >= 4 is 17.6 Å². The van der Waals surface area contributed by atoms with E-state index in [2.05, 4.69) is 27.7 Å². The van der Waals surface area contributed by atoms with E-state index in [1.165, 1.54) is 0 Å². The van der Waals surface area contributed by atoms with E-state index in [1.807, 2.05) is 11.8 Å². The van der Waals surface area contributed by atoms with E-state index in [0.717, 1.165) is 25.9 Å². The maximum absolute atomic E-state index is 12.7. The molecule has 2 N–H and O–H groups in total. The number of carbonyl (C=O) groups is 2. The summed E-state index contributed by atoms with van der Waals surface area (Å²) in [5.41, 5.74) is 1.14. The standard InChI is InChI=1S/C20H27N5O3/c1-4-17(18-21-14(3)24-28-18)23-20(27)22-16-7-5-6-15(12-16)19(26)25-10-8-13(2)9-11-25/h5-7,12-13,17H,4,8-11H2,1-3H3,(H2,22,23,27)/t17-/m0/s1. The minimum absolute atomic E-state index is 0.00345. The molecule has 8 heteroatoms. The summed E-state index contributed by atoms with van der Waals surface area (Å²) in [6.07, 6.45) is 2.67. The maximum Gasteiger partial charge on any atom is 0.319 e. The highest BCUT2D eigenvalue weighted by Gasteiger charge is 2.22. The van der Waals surface area contributed by atoms with Crippen LogP contribution in [0.25, 0.3) is 0 Å². The summed E-state index contributed by atoms with van der Waals surface area (Å²) in [4.78, 5) is 31.1. The van der Waals surface area contributed by atoms with Gasteiger partial charge in [-0.25, -0.2) is 4.79 Å². The van der Waals surface area contributed by atoms with E-state index in [4.69, 9.17) is 4.52 Å². The number of anilines is 1. The minimum atomic E-state index is -0.390. The number of hydrogen-bond acceptors (Lipinski definition) is 5. The molecule has 150 valence electrons. The number of aryl methyl sites for hydroxylation is 1. The topological polar surface area (TPSA) is 100 Å². The summed E-state index contributed by atoms with van der Waals surface area (Å²) in [6.45, 7) is 7.42. The summed E-state index contributed by atoms with van der Waals surface area (Å²) in [5, 5.41) is 9.35. The number of hydrogen-bond donors (Lipinski definition) is 2. The number of amides is 3. The summed E-state index contributed by atoms with van der Waals surface area (Å²) in [6, 6.07) is 6.25. The zero-order valence-electron chi connectivity index (χ0n) is 16.6. The van der Waals surface area contributed by atoms with Crippen molar-refractivity contribution in [3.05, 3.63) is 41.5 Å². The first-order valence-corrected chi connectivity index (χ1v) is 9.73. The number of rotatable bonds is 5. The predicted octanol–water partition coefficient (Wildman–Crippen LogP) is 3.52. The Kier molecular flexibility index (Phi) is 6.28. The molecular weight excluding hydrogens is 358 g/mol. The molecule has 1 fully saturated rings. The van der Waals surface area contributed by atoms with Gasteiger partial charge >= 0.3 is 6.03 Å². The smallest absolute Gasteiger partial charge is 0.319 e. The lowest BCUT2D eigenvalue weighted by atomic mass is 9.98. The van der Waals surface area contributed by atoms with Crippen LogP contribution in [0, 0.1) is 12.8 Å². The van der Waals surface area contributed by atoms with Crippen LogP contribution in [0.2, 0.25) is 0 Å². The lowest BCUT2D eigenvalue weighted by Crippen LogP contribution is -2.38. The average Bonchev–Trinajstić information content (AvgIpc) is 3.12. The van der Waals surface area contributed by atoms with E-state index >= 15 is 0 Å². The molecule has 1 aromatic carbocycles. The molecule has 2 heterocycles. The lowest BCUT2D eigenvalue weighted by molar-refractivity contribution is 0.0697. The van der Waals surface area contributed by atoms with Crippen molar-refractivity contribution in [1.82, 2.24) is 20.4 Å². The van der Waals surface area contributed by atoms with E-state index in [-0.39, 0.29) is 18.0 Å². The summed E-state index contributed by atoms with van der Waals surface area (Å²) >= 11 is 0. The Morgan fingerprint density at radius 1 is 1.32 bits per heavy atom. The highest BCUT2D eigenvalue weighted by atomic mass is 16.5. The molecule has 1 atom stereocenters. The molecule has 2 aromatic rings. The van der Waals surface area contributed by atoms with E-state index < -0.39 is 0 Å². The number of nitrogens with one attached hydrogen (secondary N) is 2. The van der Waals surface area contributed by atoms with Gasteiger partial charge in [-0.15, -0.1) is 0 Å². The number of aromatic nitrogens is 2. The van der Waals surface area contributed by atoms with E-state index in [9.17, 15) is 9.59 Å². The van der Waals surface area contributed by atoms with Gasteiger partial charge in [-0.1, -0.05) is 25.1 Å². The maximum atomic E-state index is 12.7. The summed E-state index contributed by atoms with van der Waals surface area (Å²) < 4.78 is 5.14. The van der Waals surface area contributed by atoms with Crippen molar-refractivity contribution in [3.8, 4) is 0 Å². The van der Waals surface area contributed by atoms with Crippen molar-refractivity contribution < 1.29 is 14.1 Å². The van der Waals surface area contributed by atoms with Gasteiger partial charge in [0.15, 0.2) is 5.82 Å². The lowest BCUT2D eigenvalue weighted by Gasteiger charge is -2.30. The molecule has 3 amide bonds. The third kappa shape index (κ3) is 4.88. The quantitative estimate of drug-likeness (QED) is 0.820. The number of piperidine rings is 1. The zero-order valence-corrected chi connectivity index (χ0v) is 16.6. The second-order valence-corrected chi connectivity index (χ2v) is 7.29. The average molecular weight is 385 g/mol. The fourth-order valence-electron chi connectivity index (χ4n) is 3.24.